The Morgan fingerprint density at radius 1 is 1.12 bits per heavy atom. The summed E-state index contributed by atoms with van der Waals surface area (Å²) in [6.07, 6.45) is 3.84. The maximum absolute atomic E-state index is 14.8. The van der Waals surface area contributed by atoms with Gasteiger partial charge in [-0.3, -0.25) is 4.98 Å². The van der Waals surface area contributed by atoms with E-state index in [9.17, 15) is 14.3 Å². The molecule has 216 valence electrons. The monoisotopic (exact) mass is 554 g/mol. The minimum Gasteiger partial charge on any atom is -0.467 e. The Morgan fingerprint density at radius 3 is 2.67 bits per heavy atom. The van der Waals surface area contributed by atoms with Crippen LogP contribution in [0, 0.1) is 11.2 Å². The minimum absolute atomic E-state index is 0.0307. The van der Waals surface area contributed by atoms with Crippen LogP contribution in [-0.2, 0) is 4.74 Å². The topological polar surface area (TPSA) is 105 Å². The Balaban J connectivity index is 1.28. The number of carbonyl (C=O) groups excluding carboxylic acids is 1. The number of hydrogen-bond donors (Lipinski definition) is 3. The third kappa shape index (κ3) is 9.04. The van der Waals surface area contributed by atoms with Gasteiger partial charge in [-0.25, -0.2) is 9.18 Å². The number of rotatable bonds is 11. The van der Waals surface area contributed by atoms with Crippen LogP contribution in [0.15, 0.2) is 48.7 Å². The molecule has 2 amide bonds. The number of hydrogen-bond acceptors (Lipinski definition) is 7. The zero-order valence-electron chi connectivity index (χ0n) is 23.4. The van der Waals surface area contributed by atoms with Crippen molar-refractivity contribution >= 4 is 22.6 Å². The maximum Gasteiger partial charge on any atom is 0.319 e. The number of benzene rings is 2. The molecule has 1 fully saturated rings. The summed E-state index contributed by atoms with van der Waals surface area (Å²) in [5, 5.41) is 15.7. The lowest BCUT2D eigenvalue weighted by Crippen LogP contribution is -2.37. The van der Waals surface area contributed by atoms with Gasteiger partial charge in [-0.1, -0.05) is 20.8 Å². The van der Waals surface area contributed by atoms with Crippen molar-refractivity contribution in [2.75, 3.05) is 44.9 Å². The first-order valence-electron chi connectivity index (χ1n) is 13.7. The van der Waals surface area contributed by atoms with E-state index < -0.39 is 5.82 Å². The van der Waals surface area contributed by atoms with Gasteiger partial charge >= 0.3 is 6.03 Å². The molecule has 3 N–H and O–H groups in total. The zero-order chi connectivity index (χ0) is 28.5. The molecule has 4 rings (SSSR count). The molecule has 1 aliphatic heterocycles. The molecule has 2 aromatic carbocycles. The zero-order valence-corrected chi connectivity index (χ0v) is 23.4. The number of halogens is 1. The molecule has 10 heteroatoms. The molecule has 0 radical (unpaired) electrons. The highest BCUT2D eigenvalue weighted by Gasteiger charge is 2.16. The summed E-state index contributed by atoms with van der Waals surface area (Å²) >= 11 is 0. The molecule has 2 heterocycles. The lowest BCUT2D eigenvalue weighted by atomic mass is 9.92. The highest BCUT2D eigenvalue weighted by atomic mass is 19.1. The molecular formula is C30H39FN4O5. The first-order chi connectivity index (χ1) is 19.2. The van der Waals surface area contributed by atoms with E-state index in [1.165, 1.54) is 12.1 Å². The first kappa shape index (κ1) is 29.5. The number of anilines is 1. The van der Waals surface area contributed by atoms with Gasteiger partial charge in [-0.2, -0.15) is 0 Å². The van der Waals surface area contributed by atoms with Crippen LogP contribution in [0.1, 0.15) is 40.0 Å². The number of nitrogens with one attached hydrogen (secondary N) is 2. The average Bonchev–Trinajstić information content (AvgIpc) is 2.90. The highest BCUT2D eigenvalue weighted by molar-refractivity contribution is 5.89. The van der Waals surface area contributed by atoms with Gasteiger partial charge in [0.25, 0.3) is 0 Å². The molecule has 1 saturated heterocycles. The number of amides is 2. The summed E-state index contributed by atoms with van der Waals surface area (Å²) in [5.74, 6) is 0.470. The highest BCUT2D eigenvalue weighted by Crippen LogP contribution is 2.33. The summed E-state index contributed by atoms with van der Waals surface area (Å²) in [6, 6.07) is 10.9. The van der Waals surface area contributed by atoms with Gasteiger partial charge in [0.05, 0.1) is 18.2 Å². The van der Waals surface area contributed by atoms with E-state index in [1.807, 2.05) is 6.07 Å². The van der Waals surface area contributed by atoms with Crippen molar-refractivity contribution in [3.63, 3.8) is 0 Å². The summed E-state index contributed by atoms with van der Waals surface area (Å²) in [6.45, 7) is 10.0. The van der Waals surface area contributed by atoms with Gasteiger partial charge < -0.3 is 34.9 Å². The molecule has 1 aromatic heterocycles. The fourth-order valence-corrected chi connectivity index (χ4v) is 4.29. The fourth-order valence-electron chi connectivity index (χ4n) is 4.29. The van der Waals surface area contributed by atoms with E-state index in [0.29, 0.717) is 41.2 Å². The Bertz CT molecular complexity index is 1270. The van der Waals surface area contributed by atoms with Gasteiger partial charge in [-0.15, -0.1) is 0 Å². The Hall–Kier alpha value is -3.47. The van der Waals surface area contributed by atoms with Gasteiger partial charge in [0, 0.05) is 55.6 Å². The van der Waals surface area contributed by atoms with Gasteiger partial charge in [-0.05, 0) is 55.0 Å². The molecule has 0 atom stereocenters. The van der Waals surface area contributed by atoms with Crippen LogP contribution >= 0.6 is 0 Å². The summed E-state index contributed by atoms with van der Waals surface area (Å²) in [4.78, 5) is 18.8. The van der Waals surface area contributed by atoms with E-state index in [0.717, 1.165) is 38.9 Å². The van der Waals surface area contributed by atoms with Crippen LogP contribution in [0.2, 0.25) is 0 Å². The SMILES string of the molecule is CC(C)(C)CCNC(=O)Nc1ccc(Oc2ccnc3cc(OCOCCN4CCC(O)CC4)ccc23)c(F)c1. The minimum atomic E-state index is -0.602. The van der Waals surface area contributed by atoms with Gasteiger partial charge in [0.2, 0.25) is 0 Å². The second kappa shape index (κ2) is 13.7. The van der Waals surface area contributed by atoms with Crippen LogP contribution < -0.4 is 20.1 Å². The summed E-state index contributed by atoms with van der Waals surface area (Å²) in [5.41, 5.74) is 1.07. The van der Waals surface area contributed by atoms with Crippen LogP contribution in [0.4, 0.5) is 14.9 Å². The molecule has 0 spiro atoms. The molecule has 0 aliphatic carbocycles. The number of pyridine rings is 1. The maximum atomic E-state index is 14.8. The molecule has 0 saturated carbocycles. The molecule has 0 unspecified atom stereocenters. The predicted molar refractivity (Wildman–Crippen MR) is 152 cm³/mol. The molecule has 40 heavy (non-hydrogen) atoms. The lowest BCUT2D eigenvalue weighted by molar-refractivity contribution is -0.00253. The average molecular weight is 555 g/mol. The molecule has 9 nitrogen and oxygen atoms in total. The Morgan fingerprint density at radius 2 is 1.93 bits per heavy atom. The van der Waals surface area contributed by atoms with Gasteiger partial charge in [0.15, 0.2) is 18.4 Å². The lowest BCUT2D eigenvalue weighted by Gasteiger charge is -2.29. The summed E-state index contributed by atoms with van der Waals surface area (Å²) in [7, 11) is 0. The van der Waals surface area contributed by atoms with Crippen LogP contribution in [-0.4, -0.2) is 66.7 Å². The molecule has 3 aromatic rings. The van der Waals surface area contributed by atoms with Crippen LogP contribution in [0.5, 0.6) is 17.2 Å². The number of aromatic nitrogens is 1. The van der Waals surface area contributed by atoms with E-state index in [4.69, 9.17) is 14.2 Å². The second-order valence-electron chi connectivity index (χ2n) is 11.2. The van der Waals surface area contributed by atoms with Crippen molar-refractivity contribution in [1.82, 2.24) is 15.2 Å². The smallest absolute Gasteiger partial charge is 0.319 e. The molecule has 0 bridgehead atoms. The van der Waals surface area contributed by atoms with E-state index in [1.54, 1.807) is 30.5 Å². The van der Waals surface area contributed by atoms with E-state index in [-0.39, 0.29) is 30.1 Å². The van der Waals surface area contributed by atoms with Gasteiger partial charge in [0.1, 0.15) is 11.5 Å². The largest absolute Gasteiger partial charge is 0.467 e. The number of piperidine rings is 1. The Labute approximate surface area is 234 Å². The number of likely N-dealkylation sites (tertiary alicyclic amines) is 1. The normalized spacial score (nSPS) is 14.7. The third-order valence-electron chi connectivity index (χ3n) is 6.66. The number of nitrogens with zero attached hydrogens (tertiary/aromatic N) is 2. The van der Waals surface area contributed by atoms with Crippen molar-refractivity contribution in [2.24, 2.45) is 5.41 Å². The number of aliphatic hydroxyl groups is 1. The standard InChI is InChI=1S/C30H39FN4O5/c1-30(2,3)11-13-33-29(37)34-21-4-7-28(25(31)18-21)40-27-8-12-32-26-19-23(5-6-24(26)27)39-20-38-17-16-35-14-9-22(36)10-15-35/h4-8,12,18-19,22,36H,9-11,13-17,20H2,1-3H3,(H2,33,34,37). The third-order valence-corrected chi connectivity index (χ3v) is 6.66. The van der Waals surface area contributed by atoms with Crippen LogP contribution in [0.3, 0.4) is 0 Å². The van der Waals surface area contributed by atoms with Crippen molar-refractivity contribution in [2.45, 2.75) is 46.1 Å². The number of carbonyl (C=O) groups is 1. The molecule has 1 aliphatic rings. The van der Waals surface area contributed by atoms with E-state index >= 15 is 0 Å². The number of aliphatic hydroxyl groups excluding tert-OH is 1. The second-order valence-corrected chi connectivity index (χ2v) is 11.2. The van der Waals surface area contributed by atoms with Crippen molar-refractivity contribution in [3.05, 3.63) is 54.5 Å². The number of ether oxygens (including phenoxy) is 3. The number of fused-ring (bicyclic) bond motifs is 1. The Kier molecular flexibility index (Phi) is 10.1. The fraction of sp³-hybridized carbons (Fsp3) is 0.467. The predicted octanol–water partition coefficient (Wildman–Crippen LogP) is 5.53. The molecular weight excluding hydrogens is 515 g/mol. The van der Waals surface area contributed by atoms with Crippen molar-refractivity contribution < 1.29 is 28.5 Å². The quantitative estimate of drug-likeness (QED) is 0.211. The van der Waals surface area contributed by atoms with Crippen LogP contribution in [0.25, 0.3) is 10.9 Å². The van der Waals surface area contributed by atoms with Crippen molar-refractivity contribution in [3.8, 4) is 17.2 Å². The first-order valence-corrected chi connectivity index (χ1v) is 13.7. The number of urea groups is 1. The van der Waals surface area contributed by atoms with E-state index in [2.05, 4.69) is 41.3 Å². The van der Waals surface area contributed by atoms with Crippen molar-refractivity contribution in [1.29, 1.82) is 0 Å². The summed E-state index contributed by atoms with van der Waals surface area (Å²) < 4.78 is 32.0.